The van der Waals surface area contributed by atoms with E-state index in [9.17, 15) is 0 Å². The topological polar surface area (TPSA) is 63.9 Å². The molecule has 0 amide bonds. The van der Waals surface area contributed by atoms with Crippen LogP contribution < -0.4 is 10.5 Å². The van der Waals surface area contributed by atoms with E-state index in [0.29, 0.717) is 5.69 Å². The number of hydrogen-bond acceptors (Lipinski definition) is 3. The largest absolute Gasteiger partial charge is 0.497 e. The summed E-state index contributed by atoms with van der Waals surface area (Å²) in [5, 5.41) is 6.74. The Bertz CT molecular complexity index is 481. The number of nitrogens with zero attached hydrogens (tertiary/aromatic N) is 1. The van der Waals surface area contributed by atoms with Gasteiger partial charge in [-0.3, -0.25) is 5.10 Å². The SMILES string of the molecule is COc1ccc(Br)c(-c2[nH]ncc2N)c1. The van der Waals surface area contributed by atoms with Crippen molar-refractivity contribution in [3.05, 3.63) is 28.9 Å². The van der Waals surface area contributed by atoms with E-state index in [1.807, 2.05) is 18.2 Å². The highest BCUT2D eigenvalue weighted by Crippen LogP contribution is 2.33. The number of methoxy groups -OCH3 is 1. The van der Waals surface area contributed by atoms with Gasteiger partial charge in [0, 0.05) is 10.0 Å². The molecule has 5 heteroatoms. The van der Waals surface area contributed by atoms with Gasteiger partial charge in [-0.15, -0.1) is 0 Å². The van der Waals surface area contributed by atoms with Crippen LogP contribution in [0.2, 0.25) is 0 Å². The summed E-state index contributed by atoms with van der Waals surface area (Å²) in [6, 6.07) is 5.68. The van der Waals surface area contributed by atoms with Crippen molar-refractivity contribution in [2.24, 2.45) is 0 Å². The molecule has 0 spiro atoms. The lowest BCUT2D eigenvalue weighted by atomic mass is 10.1. The summed E-state index contributed by atoms with van der Waals surface area (Å²) < 4.78 is 6.10. The smallest absolute Gasteiger partial charge is 0.119 e. The standard InChI is InChI=1S/C10H10BrN3O/c1-15-6-2-3-8(11)7(4-6)10-9(12)5-13-14-10/h2-5H,12H2,1H3,(H,13,14). The zero-order valence-corrected chi connectivity index (χ0v) is 9.71. The molecule has 0 unspecified atom stereocenters. The van der Waals surface area contributed by atoms with Crippen molar-refractivity contribution in [3.63, 3.8) is 0 Å². The number of nitrogens with one attached hydrogen (secondary N) is 1. The predicted molar refractivity (Wildman–Crippen MR) is 62.7 cm³/mol. The fraction of sp³-hybridized carbons (Fsp3) is 0.100. The Morgan fingerprint density at radius 1 is 1.47 bits per heavy atom. The second-order valence-corrected chi connectivity index (χ2v) is 3.90. The van der Waals surface area contributed by atoms with E-state index in [4.69, 9.17) is 10.5 Å². The van der Waals surface area contributed by atoms with Gasteiger partial charge in [0.15, 0.2) is 0 Å². The zero-order chi connectivity index (χ0) is 10.8. The van der Waals surface area contributed by atoms with Gasteiger partial charge in [0.1, 0.15) is 5.75 Å². The van der Waals surface area contributed by atoms with E-state index in [1.54, 1.807) is 13.3 Å². The second kappa shape index (κ2) is 3.94. The number of halogens is 1. The van der Waals surface area contributed by atoms with Crippen LogP contribution >= 0.6 is 15.9 Å². The average Bonchev–Trinajstić information content (AvgIpc) is 2.65. The van der Waals surface area contributed by atoms with Crippen LogP contribution in [0.4, 0.5) is 5.69 Å². The summed E-state index contributed by atoms with van der Waals surface area (Å²) in [4.78, 5) is 0. The van der Waals surface area contributed by atoms with Crippen molar-refractivity contribution in [2.45, 2.75) is 0 Å². The van der Waals surface area contributed by atoms with Crippen LogP contribution in [0.5, 0.6) is 5.75 Å². The van der Waals surface area contributed by atoms with Crippen molar-refractivity contribution in [3.8, 4) is 17.0 Å². The minimum Gasteiger partial charge on any atom is -0.497 e. The molecule has 2 rings (SSSR count). The first-order chi connectivity index (χ1) is 7.22. The van der Waals surface area contributed by atoms with E-state index >= 15 is 0 Å². The van der Waals surface area contributed by atoms with E-state index < -0.39 is 0 Å². The molecule has 0 saturated carbocycles. The highest BCUT2D eigenvalue weighted by atomic mass is 79.9. The van der Waals surface area contributed by atoms with Crippen LogP contribution in [0.3, 0.4) is 0 Å². The molecular weight excluding hydrogens is 258 g/mol. The Balaban J connectivity index is 2.56. The Kier molecular flexibility index (Phi) is 2.64. The Morgan fingerprint density at radius 3 is 2.87 bits per heavy atom. The highest BCUT2D eigenvalue weighted by molar-refractivity contribution is 9.10. The molecule has 0 fully saturated rings. The summed E-state index contributed by atoms with van der Waals surface area (Å²) in [5.74, 6) is 0.780. The van der Waals surface area contributed by atoms with E-state index in [1.165, 1.54) is 0 Å². The molecule has 3 N–H and O–H groups in total. The fourth-order valence-electron chi connectivity index (χ4n) is 1.33. The van der Waals surface area contributed by atoms with Gasteiger partial charge in [-0.2, -0.15) is 5.10 Å². The van der Waals surface area contributed by atoms with E-state index in [2.05, 4.69) is 26.1 Å². The summed E-state index contributed by atoms with van der Waals surface area (Å²) in [6.45, 7) is 0. The first kappa shape index (κ1) is 10.0. The van der Waals surface area contributed by atoms with Gasteiger partial charge >= 0.3 is 0 Å². The van der Waals surface area contributed by atoms with E-state index in [0.717, 1.165) is 21.5 Å². The number of ether oxygens (including phenoxy) is 1. The first-order valence-electron chi connectivity index (χ1n) is 4.35. The average molecular weight is 268 g/mol. The molecule has 15 heavy (non-hydrogen) atoms. The summed E-state index contributed by atoms with van der Waals surface area (Å²) in [6.07, 6.45) is 1.58. The van der Waals surface area contributed by atoms with Crippen molar-refractivity contribution in [1.82, 2.24) is 10.2 Å². The van der Waals surface area contributed by atoms with Crippen molar-refractivity contribution in [2.75, 3.05) is 12.8 Å². The molecule has 78 valence electrons. The maximum absolute atomic E-state index is 5.78. The molecular formula is C10H10BrN3O. The van der Waals surface area contributed by atoms with Crippen molar-refractivity contribution < 1.29 is 4.74 Å². The molecule has 0 bridgehead atoms. The number of rotatable bonds is 2. The van der Waals surface area contributed by atoms with Crippen LogP contribution in [0, 0.1) is 0 Å². The number of H-pyrrole nitrogens is 1. The summed E-state index contributed by atoms with van der Waals surface area (Å²) in [7, 11) is 1.63. The first-order valence-corrected chi connectivity index (χ1v) is 5.14. The maximum Gasteiger partial charge on any atom is 0.119 e. The lowest BCUT2D eigenvalue weighted by Crippen LogP contribution is -1.89. The lowest BCUT2D eigenvalue weighted by molar-refractivity contribution is 0.415. The number of anilines is 1. The molecule has 0 aliphatic carbocycles. The number of nitrogen functional groups attached to an aromatic ring is 1. The third-order valence-electron chi connectivity index (χ3n) is 2.11. The van der Waals surface area contributed by atoms with Gasteiger partial charge in [0.2, 0.25) is 0 Å². The molecule has 1 aromatic heterocycles. The number of nitrogens with two attached hydrogens (primary N) is 1. The lowest BCUT2D eigenvalue weighted by Gasteiger charge is -2.06. The van der Waals surface area contributed by atoms with Gasteiger partial charge in [-0.05, 0) is 18.2 Å². The Labute approximate surface area is 95.6 Å². The summed E-state index contributed by atoms with van der Waals surface area (Å²) >= 11 is 3.46. The molecule has 1 aromatic carbocycles. The minimum absolute atomic E-state index is 0.615. The zero-order valence-electron chi connectivity index (χ0n) is 8.12. The molecule has 1 heterocycles. The Hall–Kier alpha value is -1.49. The minimum atomic E-state index is 0.615. The van der Waals surface area contributed by atoms with E-state index in [-0.39, 0.29) is 0 Å². The number of hydrogen-bond donors (Lipinski definition) is 2. The van der Waals surface area contributed by atoms with Crippen LogP contribution in [0.1, 0.15) is 0 Å². The number of benzene rings is 1. The molecule has 0 atom stereocenters. The third-order valence-corrected chi connectivity index (χ3v) is 2.80. The molecule has 0 aliphatic rings. The molecule has 2 aromatic rings. The van der Waals surface area contributed by atoms with Crippen LogP contribution in [-0.2, 0) is 0 Å². The highest BCUT2D eigenvalue weighted by Gasteiger charge is 2.09. The normalized spacial score (nSPS) is 10.3. The van der Waals surface area contributed by atoms with Crippen molar-refractivity contribution in [1.29, 1.82) is 0 Å². The van der Waals surface area contributed by atoms with Crippen LogP contribution in [0.25, 0.3) is 11.3 Å². The molecule has 0 aliphatic heterocycles. The maximum atomic E-state index is 5.78. The van der Waals surface area contributed by atoms with Gasteiger partial charge in [0.05, 0.1) is 24.7 Å². The summed E-state index contributed by atoms with van der Waals surface area (Å²) in [5.41, 5.74) is 8.12. The van der Waals surface area contributed by atoms with Gasteiger partial charge < -0.3 is 10.5 Å². The monoisotopic (exact) mass is 267 g/mol. The molecule has 0 radical (unpaired) electrons. The predicted octanol–water partition coefficient (Wildman–Crippen LogP) is 2.43. The van der Waals surface area contributed by atoms with Crippen LogP contribution in [0.15, 0.2) is 28.9 Å². The molecule has 4 nitrogen and oxygen atoms in total. The Morgan fingerprint density at radius 2 is 2.27 bits per heavy atom. The van der Waals surface area contributed by atoms with Gasteiger partial charge in [-0.1, -0.05) is 15.9 Å². The molecule has 0 saturated heterocycles. The van der Waals surface area contributed by atoms with Crippen molar-refractivity contribution >= 4 is 21.6 Å². The van der Waals surface area contributed by atoms with Crippen LogP contribution in [-0.4, -0.2) is 17.3 Å². The quantitative estimate of drug-likeness (QED) is 0.879. The number of aromatic nitrogens is 2. The van der Waals surface area contributed by atoms with Gasteiger partial charge in [0.25, 0.3) is 0 Å². The third kappa shape index (κ3) is 1.83. The fourth-order valence-corrected chi connectivity index (χ4v) is 1.78. The second-order valence-electron chi connectivity index (χ2n) is 3.05. The van der Waals surface area contributed by atoms with Gasteiger partial charge in [-0.25, -0.2) is 0 Å². The number of aromatic amines is 1.